The van der Waals surface area contributed by atoms with Gasteiger partial charge in [0.2, 0.25) is 0 Å². The van der Waals surface area contributed by atoms with E-state index in [9.17, 15) is 5.11 Å². The van der Waals surface area contributed by atoms with Gasteiger partial charge in [-0.3, -0.25) is 0 Å². The van der Waals surface area contributed by atoms with Crippen molar-refractivity contribution < 1.29 is 5.11 Å². The van der Waals surface area contributed by atoms with E-state index >= 15 is 0 Å². The van der Waals surface area contributed by atoms with E-state index in [-0.39, 0.29) is 6.10 Å². The van der Waals surface area contributed by atoms with Crippen molar-refractivity contribution in [3.63, 3.8) is 0 Å². The third kappa shape index (κ3) is 3.02. The van der Waals surface area contributed by atoms with Gasteiger partial charge in [0.1, 0.15) is 17.5 Å². The van der Waals surface area contributed by atoms with Crippen LogP contribution in [-0.2, 0) is 6.42 Å². The van der Waals surface area contributed by atoms with Crippen LogP contribution in [0.25, 0.3) is 0 Å². The molecular weight excluding hydrogens is 254 g/mol. The van der Waals surface area contributed by atoms with Crippen LogP contribution in [0.1, 0.15) is 38.1 Å². The minimum Gasteiger partial charge on any atom is -0.393 e. The molecule has 0 bridgehead atoms. The van der Waals surface area contributed by atoms with Gasteiger partial charge in [0.05, 0.1) is 6.10 Å². The molecule has 112 valence electrons. The number of anilines is 2. The van der Waals surface area contributed by atoms with Gasteiger partial charge in [0, 0.05) is 25.1 Å². The predicted molar refractivity (Wildman–Crippen MR) is 80.6 cm³/mol. The number of hydrogen-bond acceptors (Lipinski definition) is 6. The van der Waals surface area contributed by atoms with Gasteiger partial charge in [-0.15, -0.1) is 0 Å². The molecule has 6 nitrogen and oxygen atoms in total. The fraction of sp³-hybridized carbons (Fsp3) is 0.714. The molecule has 1 aliphatic heterocycles. The Balaban J connectivity index is 2.21. The smallest absolute Gasteiger partial charge is 0.148 e. The highest BCUT2D eigenvalue weighted by Gasteiger charge is 2.25. The highest BCUT2D eigenvalue weighted by Crippen LogP contribution is 2.28. The number of aryl methyl sites for hydroxylation is 1. The molecule has 0 saturated carbocycles. The first kappa shape index (κ1) is 15.0. The topological polar surface area (TPSA) is 87.3 Å². The van der Waals surface area contributed by atoms with E-state index in [2.05, 4.69) is 20.3 Å². The lowest BCUT2D eigenvalue weighted by atomic mass is 9.92. The number of piperidine rings is 1. The van der Waals surface area contributed by atoms with Crippen LogP contribution in [-0.4, -0.2) is 34.3 Å². The van der Waals surface area contributed by atoms with Crippen LogP contribution in [0, 0.1) is 12.8 Å². The summed E-state index contributed by atoms with van der Waals surface area (Å²) in [5.74, 6) is 8.40. The lowest BCUT2D eigenvalue weighted by Crippen LogP contribution is -2.38. The molecule has 0 aromatic carbocycles. The van der Waals surface area contributed by atoms with Crippen LogP contribution < -0.4 is 16.2 Å². The van der Waals surface area contributed by atoms with E-state index in [0.717, 1.165) is 49.6 Å². The van der Waals surface area contributed by atoms with Crippen LogP contribution in [0.3, 0.4) is 0 Å². The van der Waals surface area contributed by atoms with Gasteiger partial charge in [-0.05, 0) is 32.6 Å². The molecule has 1 aromatic heterocycles. The first-order valence-electron chi connectivity index (χ1n) is 7.34. The molecule has 6 heteroatoms. The number of nitrogen functional groups attached to an aromatic ring is 1. The SMILES string of the molecule is CCc1nc(NN)c(C)c(N2CCC(C(C)O)CC2)n1. The third-order valence-electron chi connectivity index (χ3n) is 4.14. The zero-order valence-electron chi connectivity index (χ0n) is 12.6. The number of rotatable bonds is 4. The largest absolute Gasteiger partial charge is 0.393 e. The quantitative estimate of drug-likeness (QED) is 0.567. The first-order valence-corrected chi connectivity index (χ1v) is 7.34. The number of aromatic nitrogens is 2. The Bertz CT molecular complexity index is 455. The Labute approximate surface area is 120 Å². The fourth-order valence-corrected chi connectivity index (χ4v) is 2.75. The van der Waals surface area contributed by atoms with E-state index in [1.165, 1.54) is 0 Å². The van der Waals surface area contributed by atoms with Crippen LogP contribution in [0.2, 0.25) is 0 Å². The third-order valence-corrected chi connectivity index (χ3v) is 4.14. The van der Waals surface area contributed by atoms with Crippen molar-refractivity contribution in [2.24, 2.45) is 11.8 Å². The number of aliphatic hydroxyl groups is 1. The molecule has 0 aliphatic carbocycles. The Hall–Kier alpha value is -1.40. The van der Waals surface area contributed by atoms with Gasteiger partial charge in [-0.25, -0.2) is 15.8 Å². The van der Waals surface area contributed by atoms with Crippen LogP contribution in [0.5, 0.6) is 0 Å². The monoisotopic (exact) mass is 279 g/mol. The molecule has 0 radical (unpaired) electrons. The summed E-state index contributed by atoms with van der Waals surface area (Å²) in [5, 5.41) is 9.68. The molecule has 1 atom stereocenters. The molecule has 0 spiro atoms. The zero-order chi connectivity index (χ0) is 14.7. The highest BCUT2D eigenvalue weighted by molar-refractivity contribution is 5.58. The molecule has 1 aliphatic rings. The molecule has 1 unspecified atom stereocenters. The lowest BCUT2D eigenvalue weighted by molar-refractivity contribution is 0.109. The molecule has 1 fully saturated rings. The molecule has 4 N–H and O–H groups in total. The average molecular weight is 279 g/mol. The lowest BCUT2D eigenvalue weighted by Gasteiger charge is -2.35. The van der Waals surface area contributed by atoms with Crippen molar-refractivity contribution in [1.29, 1.82) is 0 Å². The van der Waals surface area contributed by atoms with Crippen LogP contribution in [0.4, 0.5) is 11.6 Å². The van der Waals surface area contributed by atoms with Crippen molar-refractivity contribution in [2.75, 3.05) is 23.4 Å². The average Bonchev–Trinajstić information content (AvgIpc) is 2.47. The van der Waals surface area contributed by atoms with Gasteiger partial charge in [-0.2, -0.15) is 0 Å². The van der Waals surface area contributed by atoms with E-state index in [1.807, 2.05) is 20.8 Å². The molecular formula is C14H25N5O. The number of nitrogens with one attached hydrogen (secondary N) is 1. The highest BCUT2D eigenvalue weighted by atomic mass is 16.3. The molecule has 1 saturated heterocycles. The van der Waals surface area contributed by atoms with E-state index in [0.29, 0.717) is 11.7 Å². The van der Waals surface area contributed by atoms with Gasteiger partial charge in [0.15, 0.2) is 0 Å². The normalized spacial score (nSPS) is 18.1. The number of hydrazine groups is 1. The van der Waals surface area contributed by atoms with Gasteiger partial charge in [0.25, 0.3) is 0 Å². The van der Waals surface area contributed by atoms with Crippen molar-refractivity contribution >= 4 is 11.6 Å². The summed E-state index contributed by atoms with van der Waals surface area (Å²) in [6.45, 7) is 7.74. The predicted octanol–water partition coefficient (Wildman–Crippen LogP) is 1.23. The number of hydrogen-bond donors (Lipinski definition) is 3. The molecule has 2 rings (SSSR count). The van der Waals surface area contributed by atoms with Crippen molar-refractivity contribution in [3.8, 4) is 0 Å². The van der Waals surface area contributed by atoms with Gasteiger partial charge in [-0.1, -0.05) is 6.92 Å². The molecule has 20 heavy (non-hydrogen) atoms. The standard InChI is InChI=1S/C14H25N5O/c1-4-12-16-13(18-15)9(2)14(17-12)19-7-5-11(6-8-19)10(3)20/h10-11,20H,4-8,15H2,1-3H3,(H,16,17,18). The minimum atomic E-state index is -0.226. The summed E-state index contributed by atoms with van der Waals surface area (Å²) >= 11 is 0. The number of aliphatic hydroxyl groups excluding tert-OH is 1. The molecule has 2 heterocycles. The van der Waals surface area contributed by atoms with Gasteiger partial charge < -0.3 is 15.4 Å². The Morgan fingerprint density at radius 3 is 2.55 bits per heavy atom. The molecule has 0 amide bonds. The summed E-state index contributed by atoms with van der Waals surface area (Å²) in [4.78, 5) is 11.3. The van der Waals surface area contributed by atoms with Gasteiger partial charge >= 0.3 is 0 Å². The van der Waals surface area contributed by atoms with Crippen molar-refractivity contribution in [3.05, 3.63) is 11.4 Å². The van der Waals surface area contributed by atoms with E-state index < -0.39 is 0 Å². The van der Waals surface area contributed by atoms with E-state index in [4.69, 9.17) is 5.84 Å². The van der Waals surface area contributed by atoms with Crippen molar-refractivity contribution in [2.45, 2.75) is 46.1 Å². The van der Waals surface area contributed by atoms with Crippen LogP contribution in [0.15, 0.2) is 0 Å². The maximum atomic E-state index is 9.68. The van der Waals surface area contributed by atoms with Crippen LogP contribution >= 0.6 is 0 Å². The number of nitrogens with zero attached hydrogens (tertiary/aromatic N) is 3. The summed E-state index contributed by atoms with van der Waals surface area (Å²) in [6.07, 6.45) is 2.55. The minimum absolute atomic E-state index is 0.226. The maximum Gasteiger partial charge on any atom is 0.148 e. The number of nitrogens with two attached hydrogens (primary N) is 1. The van der Waals surface area contributed by atoms with E-state index in [1.54, 1.807) is 0 Å². The zero-order valence-corrected chi connectivity index (χ0v) is 12.6. The Morgan fingerprint density at radius 2 is 2.05 bits per heavy atom. The summed E-state index contributed by atoms with van der Waals surface area (Å²) in [6, 6.07) is 0. The Morgan fingerprint density at radius 1 is 1.40 bits per heavy atom. The fourth-order valence-electron chi connectivity index (χ4n) is 2.75. The molecule has 1 aromatic rings. The summed E-state index contributed by atoms with van der Waals surface area (Å²) in [5.41, 5.74) is 3.64. The summed E-state index contributed by atoms with van der Waals surface area (Å²) < 4.78 is 0. The second-order valence-corrected chi connectivity index (χ2v) is 5.50. The maximum absolute atomic E-state index is 9.68. The summed E-state index contributed by atoms with van der Waals surface area (Å²) in [7, 11) is 0. The second kappa shape index (κ2) is 6.37. The van der Waals surface area contributed by atoms with Crippen molar-refractivity contribution in [1.82, 2.24) is 9.97 Å². The Kier molecular flexibility index (Phi) is 4.77. The second-order valence-electron chi connectivity index (χ2n) is 5.50. The first-order chi connectivity index (χ1) is 9.56.